The summed E-state index contributed by atoms with van der Waals surface area (Å²) >= 11 is 3.32. The Morgan fingerprint density at radius 2 is 1.90 bits per heavy atom. The van der Waals surface area contributed by atoms with Crippen LogP contribution < -0.4 is 4.74 Å². The van der Waals surface area contributed by atoms with E-state index in [2.05, 4.69) is 15.9 Å². The number of ketones is 1. The third-order valence-corrected chi connectivity index (χ3v) is 3.62. The molecule has 0 heterocycles. The number of ether oxygens (including phenoxy) is 1. The molecule has 0 amide bonds. The van der Waals surface area contributed by atoms with Crippen LogP contribution in [0, 0.1) is 5.82 Å². The lowest BCUT2D eigenvalue weighted by Gasteiger charge is -2.06. The van der Waals surface area contributed by atoms with Gasteiger partial charge < -0.3 is 4.74 Å². The molecule has 0 N–H and O–H groups in total. The highest BCUT2D eigenvalue weighted by Gasteiger charge is 2.10. The highest BCUT2D eigenvalue weighted by molar-refractivity contribution is 9.10. The molecule has 2 aromatic carbocycles. The topological polar surface area (TPSA) is 26.3 Å². The van der Waals surface area contributed by atoms with E-state index in [0.29, 0.717) is 17.7 Å². The second-order valence-electron chi connectivity index (χ2n) is 4.29. The summed E-state index contributed by atoms with van der Waals surface area (Å²) < 4.78 is 19.2. The van der Waals surface area contributed by atoms with Crippen molar-refractivity contribution in [3.05, 3.63) is 63.9 Å². The molecule has 20 heavy (non-hydrogen) atoms. The summed E-state index contributed by atoms with van der Waals surface area (Å²) in [6.07, 6.45) is 0.159. The molecular weight excluding hydrogens is 323 g/mol. The van der Waals surface area contributed by atoms with E-state index in [1.807, 2.05) is 6.92 Å². The summed E-state index contributed by atoms with van der Waals surface area (Å²) in [4.78, 5) is 12.2. The van der Waals surface area contributed by atoms with Crippen molar-refractivity contribution < 1.29 is 13.9 Å². The maximum Gasteiger partial charge on any atom is 0.167 e. The van der Waals surface area contributed by atoms with Crippen LogP contribution in [0.3, 0.4) is 0 Å². The molecule has 104 valence electrons. The first-order chi connectivity index (χ1) is 9.60. The number of hydrogen-bond acceptors (Lipinski definition) is 2. The van der Waals surface area contributed by atoms with Crippen molar-refractivity contribution in [2.75, 3.05) is 6.61 Å². The van der Waals surface area contributed by atoms with Gasteiger partial charge in [0.2, 0.25) is 0 Å². The molecule has 0 saturated carbocycles. The van der Waals surface area contributed by atoms with Crippen LogP contribution in [-0.2, 0) is 6.42 Å². The van der Waals surface area contributed by atoms with Gasteiger partial charge in [0.15, 0.2) is 5.78 Å². The fourth-order valence-corrected chi connectivity index (χ4v) is 2.24. The SMILES string of the molecule is CCOc1ccc(C(=O)Cc2cc(F)ccc2Br)cc1. The van der Waals surface area contributed by atoms with Gasteiger partial charge in [-0.25, -0.2) is 4.39 Å². The van der Waals surface area contributed by atoms with Crippen LogP contribution in [0.4, 0.5) is 4.39 Å². The van der Waals surface area contributed by atoms with Crippen molar-refractivity contribution in [2.45, 2.75) is 13.3 Å². The van der Waals surface area contributed by atoms with Crippen molar-refractivity contribution >= 4 is 21.7 Å². The Labute approximate surface area is 125 Å². The fourth-order valence-electron chi connectivity index (χ4n) is 1.86. The van der Waals surface area contributed by atoms with Crippen molar-refractivity contribution in [1.29, 1.82) is 0 Å². The van der Waals surface area contributed by atoms with Crippen molar-refractivity contribution in [2.24, 2.45) is 0 Å². The molecule has 0 spiro atoms. The zero-order valence-electron chi connectivity index (χ0n) is 11.0. The minimum atomic E-state index is -0.345. The Hall–Kier alpha value is -1.68. The molecule has 0 aromatic heterocycles. The highest BCUT2D eigenvalue weighted by atomic mass is 79.9. The van der Waals surface area contributed by atoms with Crippen LogP contribution in [0.2, 0.25) is 0 Å². The first-order valence-electron chi connectivity index (χ1n) is 6.30. The second-order valence-corrected chi connectivity index (χ2v) is 5.15. The van der Waals surface area contributed by atoms with Gasteiger partial charge in [-0.15, -0.1) is 0 Å². The highest BCUT2D eigenvalue weighted by Crippen LogP contribution is 2.20. The number of benzene rings is 2. The Kier molecular flexibility index (Phi) is 4.90. The molecule has 0 unspecified atom stereocenters. The zero-order valence-corrected chi connectivity index (χ0v) is 12.6. The van der Waals surface area contributed by atoms with E-state index >= 15 is 0 Å². The average Bonchev–Trinajstić information content (AvgIpc) is 2.44. The maximum atomic E-state index is 13.2. The van der Waals surface area contributed by atoms with Crippen LogP contribution >= 0.6 is 15.9 Å². The Bertz CT molecular complexity index is 608. The van der Waals surface area contributed by atoms with Crippen molar-refractivity contribution in [1.82, 2.24) is 0 Å². The van der Waals surface area contributed by atoms with Gasteiger partial charge >= 0.3 is 0 Å². The van der Waals surface area contributed by atoms with Gasteiger partial charge in [0.25, 0.3) is 0 Å². The van der Waals surface area contributed by atoms with Gasteiger partial charge in [-0.05, 0) is 55.0 Å². The number of carbonyl (C=O) groups is 1. The summed E-state index contributed by atoms with van der Waals surface area (Å²) in [5.74, 6) is 0.332. The Morgan fingerprint density at radius 3 is 2.55 bits per heavy atom. The lowest BCUT2D eigenvalue weighted by atomic mass is 10.0. The van der Waals surface area contributed by atoms with Gasteiger partial charge in [0.1, 0.15) is 11.6 Å². The summed E-state index contributed by atoms with van der Waals surface area (Å²) in [7, 11) is 0. The van der Waals surface area contributed by atoms with E-state index in [1.54, 1.807) is 30.3 Å². The Morgan fingerprint density at radius 1 is 1.20 bits per heavy atom. The van der Waals surface area contributed by atoms with E-state index in [-0.39, 0.29) is 18.0 Å². The number of halogens is 2. The second kappa shape index (κ2) is 6.66. The van der Waals surface area contributed by atoms with Gasteiger partial charge in [-0.3, -0.25) is 4.79 Å². The third kappa shape index (κ3) is 3.67. The molecule has 0 aliphatic heterocycles. The van der Waals surface area contributed by atoms with E-state index in [1.165, 1.54) is 12.1 Å². The van der Waals surface area contributed by atoms with Crippen molar-refractivity contribution in [3.8, 4) is 5.75 Å². The van der Waals surface area contributed by atoms with E-state index in [0.717, 1.165) is 10.2 Å². The number of Topliss-reactive ketones (excluding diaryl/α,β-unsaturated/α-hetero) is 1. The minimum Gasteiger partial charge on any atom is -0.494 e. The van der Waals surface area contributed by atoms with Crippen molar-refractivity contribution in [3.63, 3.8) is 0 Å². The number of hydrogen-bond donors (Lipinski definition) is 0. The summed E-state index contributed by atoms with van der Waals surface area (Å²) in [5, 5.41) is 0. The monoisotopic (exact) mass is 336 g/mol. The first kappa shape index (κ1) is 14.7. The summed E-state index contributed by atoms with van der Waals surface area (Å²) in [5.41, 5.74) is 1.23. The molecule has 2 rings (SSSR count). The van der Waals surface area contributed by atoms with Gasteiger partial charge in [0.05, 0.1) is 6.61 Å². The quantitative estimate of drug-likeness (QED) is 0.756. The summed E-state index contributed by atoms with van der Waals surface area (Å²) in [6.45, 7) is 2.49. The third-order valence-electron chi connectivity index (χ3n) is 2.85. The van der Waals surface area contributed by atoms with Crippen LogP contribution in [0.5, 0.6) is 5.75 Å². The first-order valence-corrected chi connectivity index (χ1v) is 7.09. The smallest absolute Gasteiger partial charge is 0.167 e. The van der Waals surface area contributed by atoms with E-state index < -0.39 is 0 Å². The maximum absolute atomic E-state index is 13.2. The van der Waals surface area contributed by atoms with E-state index in [4.69, 9.17) is 4.74 Å². The van der Waals surface area contributed by atoms with Crippen LogP contribution in [0.15, 0.2) is 46.9 Å². The number of carbonyl (C=O) groups excluding carboxylic acids is 1. The molecule has 2 nitrogen and oxygen atoms in total. The molecule has 0 fully saturated rings. The number of rotatable bonds is 5. The summed E-state index contributed by atoms with van der Waals surface area (Å²) in [6, 6.07) is 11.3. The van der Waals surface area contributed by atoms with E-state index in [9.17, 15) is 9.18 Å². The van der Waals surface area contributed by atoms with Gasteiger partial charge in [-0.2, -0.15) is 0 Å². The van der Waals surface area contributed by atoms with Gasteiger partial charge in [-0.1, -0.05) is 15.9 Å². The molecule has 0 aliphatic rings. The normalized spacial score (nSPS) is 10.3. The minimum absolute atomic E-state index is 0.0562. The van der Waals surface area contributed by atoms with Crippen LogP contribution in [-0.4, -0.2) is 12.4 Å². The van der Waals surface area contributed by atoms with Crippen LogP contribution in [0.25, 0.3) is 0 Å². The lowest BCUT2D eigenvalue weighted by Crippen LogP contribution is -2.04. The van der Waals surface area contributed by atoms with Gasteiger partial charge in [0, 0.05) is 16.5 Å². The predicted molar refractivity (Wildman–Crippen MR) is 79.7 cm³/mol. The van der Waals surface area contributed by atoms with Crippen LogP contribution in [0.1, 0.15) is 22.8 Å². The zero-order chi connectivity index (χ0) is 14.5. The molecule has 0 radical (unpaired) electrons. The predicted octanol–water partition coefficient (Wildman–Crippen LogP) is 4.41. The average molecular weight is 337 g/mol. The molecule has 2 aromatic rings. The molecule has 0 aliphatic carbocycles. The largest absolute Gasteiger partial charge is 0.494 e. The molecular formula is C16H14BrFO2. The fraction of sp³-hybridized carbons (Fsp3) is 0.188. The molecule has 4 heteroatoms. The molecule has 0 bridgehead atoms. The lowest BCUT2D eigenvalue weighted by molar-refractivity contribution is 0.0992. The molecule has 0 atom stereocenters. The Balaban J connectivity index is 2.13. The molecule has 0 saturated heterocycles. The standard InChI is InChI=1S/C16H14BrFO2/c1-2-20-14-6-3-11(4-7-14)16(19)10-12-9-13(18)5-8-15(12)17/h3-9H,2,10H2,1H3.